The molecule has 0 saturated carbocycles. The van der Waals surface area contributed by atoms with Crippen molar-refractivity contribution in [2.75, 3.05) is 11.1 Å². The van der Waals surface area contributed by atoms with Gasteiger partial charge >= 0.3 is 0 Å². The molecular weight excluding hydrogens is 264 g/mol. The lowest BCUT2D eigenvalue weighted by Crippen LogP contribution is -2.24. The second kappa shape index (κ2) is 5.32. The first kappa shape index (κ1) is 13.4. The predicted octanol–water partition coefficient (Wildman–Crippen LogP) is 2.63. The van der Waals surface area contributed by atoms with E-state index in [1.807, 2.05) is 13.0 Å². The van der Waals surface area contributed by atoms with Crippen LogP contribution >= 0.6 is 11.6 Å². The number of nitrogen functional groups attached to an aromatic ring is 1. The maximum Gasteiger partial charge on any atom is 0.248 e. The third-order valence-electron chi connectivity index (χ3n) is 2.98. The molecule has 0 aliphatic heterocycles. The van der Waals surface area contributed by atoms with Crippen LogP contribution in [-0.2, 0) is 4.79 Å². The number of rotatable bonds is 3. The summed E-state index contributed by atoms with van der Waals surface area (Å²) in [5.41, 5.74) is 8.00. The van der Waals surface area contributed by atoms with Gasteiger partial charge in [0.15, 0.2) is 0 Å². The van der Waals surface area contributed by atoms with Crippen molar-refractivity contribution in [3.05, 3.63) is 41.2 Å². The standard InChI is InChI=1S/C13H15ClN4O/c1-8-11(15)4-3-5-12(8)17-13(19)9(2)18-7-10(14)6-16-18/h3-7,9H,15H2,1-2H3,(H,17,19). The Morgan fingerprint density at radius 2 is 2.26 bits per heavy atom. The van der Waals surface area contributed by atoms with E-state index in [4.69, 9.17) is 17.3 Å². The van der Waals surface area contributed by atoms with E-state index in [-0.39, 0.29) is 5.91 Å². The van der Waals surface area contributed by atoms with Crippen LogP contribution in [0.4, 0.5) is 11.4 Å². The minimum Gasteiger partial charge on any atom is -0.398 e. The van der Waals surface area contributed by atoms with Crippen LogP contribution in [0.1, 0.15) is 18.5 Å². The van der Waals surface area contributed by atoms with Crippen molar-refractivity contribution in [2.24, 2.45) is 0 Å². The van der Waals surface area contributed by atoms with E-state index in [2.05, 4.69) is 10.4 Å². The number of carbonyl (C=O) groups excluding carboxylic acids is 1. The predicted molar refractivity (Wildman–Crippen MR) is 76.2 cm³/mol. The highest BCUT2D eigenvalue weighted by Crippen LogP contribution is 2.21. The van der Waals surface area contributed by atoms with Gasteiger partial charge in [0.1, 0.15) is 6.04 Å². The number of nitrogens with zero attached hydrogens (tertiary/aromatic N) is 2. The Hall–Kier alpha value is -2.01. The van der Waals surface area contributed by atoms with Crippen molar-refractivity contribution in [3.8, 4) is 0 Å². The van der Waals surface area contributed by atoms with Crippen LogP contribution in [-0.4, -0.2) is 15.7 Å². The molecular formula is C13H15ClN4O. The molecule has 1 amide bonds. The molecule has 0 saturated heterocycles. The third kappa shape index (κ3) is 2.88. The minimum absolute atomic E-state index is 0.173. The van der Waals surface area contributed by atoms with Gasteiger partial charge in [0.05, 0.1) is 11.2 Å². The van der Waals surface area contributed by atoms with Crippen LogP contribution in [0.5, 0.6) is 0 Å². The van der Waals surface area contributed by atoms with Gasteiger partial charge in [-0.3, -0.25) is 9.48 Å². The maximum atomic E-state index is 12.1. The molecule has 1 aromatic carbocycles. The fourth-order valence-corrected chi connectivity index (χ4v) is 1.82. The SMILES string of the molecule is Cc1c(N)cccc1NC(=O)C(C)n1cc(Cl)cn1. The number of nitrogens with one attached hydrogen (secondary N) is 1. The summed E-state index contributed by atoms with van der Waals surface area (Å²) >= 11 is 5.78. The molecule has 0 aliphatic carbocycles. The number of hydrogen-bond acceptors (Lipinski definition) is 3. The van der Waals surface area contributed by atoms with Gasteiger partial charge in [-0.25, -0.2) is 0 Å². The number of amides is 1. The van der Waals surface area contributed by atoms with Crippen LogP contribution < -0.4 is 11.1 Å². The van der Waals surface area contributed by atoms with Gasteiger partial charge in [-0.1, -0.05) is 17.7 Å². The molecule has 3 N–H and O–H groups in total. The first-order chi connectivity index (χ1) is 8.99. The number of benzene rings is 1. The minimum atomic E-state index is -0.451. The number of aromatic nitrogens is 2. The molecule has 0 fully saturated rings. The topological polar surface area (TPSA) is 72.9 Å². The number of hydrogen-bond donors (Lipinski definition) is 2. The zero-order valence-electron chi connectivity index (χ0n) is 10.7. The smallest absolute Gasteiger partial charge is 0.248 e. The number of halogens is 1. The normalized spacial score (nSPS) is 12.2. The molecule has 2 rings (SSSR count). The quantitative estimate of drug-likeness (QED) is 0.848. The van der Waals surface area contributed by atoms with Gasteiger partial charge in [-0.05, 0) is 31.5 Å². The van der Waals surface area contributed by atoms with Gasteiger partial charge in [-0.15, -0.1) is 0 Å². The number of carbonyl (C=O) groups is 1. The van der Waals surface area contributed by atoms with Crippen molar-refractivity contribution in [3.63, 3.8) is 0 Å². The highest BCUT2D eigenvalue weighted by Gasteiger charge is 2.16. The average Bonchev–Trinajstić information content (AvgIpc) is 2.80. The van der Waals surface area contributed by atoms with Crippen LogP contribution in [0.3, 0.4) is 0 Å². The van der Waals surface area contributed by atoms with E-state index < -0.39 is 6.04 Å². The Balaban J connectivity index is 2.15. The zero-order chi connectivity index (χ0) is 14.0. The fraction of sp³-hybridized carbons (Fsp3) is 0.231. The second-order valence-corrected chi connectivity index (χ2v) is 4.76. The molecule has 0 aliphatic rings. The van der Waals surface area contributed by atoms with Gasteiger partial charge < -0.3 is 11.1 Å². The van der Waals surface area contributed by atoms with E-state index in [1.165, 1.54) is 10.9 Å². The van der Waals surface area contributed by atoms with Crippen LogP contribution in [0, 0.1) is 6.92 Å². The number of anilines is 2. The van der Waals surface area contributed by atoms with Gasteiger partial charge in [-0.2, -0.15) is 5.10 Å². The average molecular weight is 279 g/mol. The van der Waals surface area contributed by atoms with Gasteiger partial charge in [0.25, 0.3) is 0 Å². The first-order valence-electron chi connectivity index (χ1n) is 5.84. The van der Waals surface area contributed by atoms with E-state index in [1.54, 1.807) is 25.3 Å². The molecule has 2 aromatic rings. The second-order valence-electron chi connectivity index (χ2n) is 4.32. The summed E-state index contributed by atoms with van der Waals surface area (Å²) in [5.74, 6) is -0.173. The Morgan fingerprint density at radius 1 is 1.53 bits per heavy atom. The summed E-state index contributed by atoms with van der Waals surface area (Å²) in [6.07, 6.45) is 3.11. The molecule has 1 atom stereocenters. The Bertz CT molecular complexity index is 608. The third-order valence-corrected chi connectivity index (χ3v) is 3.17. The summed E-state index contributed by atoms with van der Waals surface area (Å²) in [5, 5.41) is 7.35. The summed E-state index contributed by atoms with van der Waals surface area (Å²) in [7, 11) is 0. The lowest BCUT2D eigenvalue weighted by atomic mass is 10.1. The zero-order valence-corrected chi connectivity index (χ0v) is 11.5. The first-order valence-corrected chi connectivity index (χ1v) is 6.22. The molecule has 1 unspecified atom stereocenters. The Kier molecular flexibility index (Phi) is 3.76. The van der Waals surface area contributed by atoms with Crippen molar-refractivity contribution < 1.29 is 4.79 Å². The van der Waals surface area contributed by atoms with Crippen LogP contribution in [0.25, 0.3) is 0 Å². The summed E-state index contributed by atoms with van der Waals surface area (Å²) in [4.78, 5) is 12.1. The van der Waals surface area contributed by atoms with E-state index in [9.17, 15) is 4.79 Å². The molecule has 0 spiro atoms. The molecule has 5 nitrogen and oxygen atoms in total. The van der Waals surface area contributed by atoms with Crippen LogP contribution in [0.2, 0.25) is 5.02 Å². The molecule has 100 valence electrons. The highest BCUT2D eigenvalue weighted by atomic mass is 35.5. The van der Waals surface area contributed by atoms with Crippen LogP contribution in [0.15, 0.2) is 30.6 Å². The van der Waals surface area contributed by atoms with Crippen molar-refractivity contribution >= 4 is 28.9 Å². The van der Waals surface area contributed by atoms with E-state index in [0.717, 1.165) is 5.56 Å². The lowest BCUT2D eigenvalue weighted by Gasteiger charge is -2.14. The molecule has 0 bridgehead atoms. The molecule has 19 heavy (non-hydrogen) atoms. The maximum absolute atomic E-state index is 12.1. The van der Waals surface area contributed by atoms with Gasteiger partial charge in [0.2, 0.25) is 5.91 Å². The molecule has 1 aromatic heterocycles. The largest absolute Gasteiger partial charge is 0.398 e. The van der Waals surface area contributed by atoms with Crippen molar-refractivity contribution in [2.45, 2.75) is 19.9 Å². The summed E-state index contributed by atoms with van der Waals surface area (Å²) in [6, 6.07) is 4.95. The van der Waals surface area contributed by atoms with Gasteiger partial charge in [0, 0.05) is 17.6 Å². The van der Waals surface area contributed by atoms with Crippen molar-refractivity contribution in [1.82, 2.24) is 9.78 Å². The summed E-state index contributed by atoms with van der Waals surface area (Å²) < 4.78 is 1.51. The molecule has 6 heteroatoms. The van der Waals surface area contributed by atoms with Crippen molar-refractivity contribution in [1.29, 1.82) is 0 Å². The monoisotopic (exact) mass is 278 g/mol. The molecule has 1 heterocycles. The summed E-state index contributed by atoms with van der Waals surface area (Å²) in [6.45, 7) is 3.61. The van der Waals surface area contributed by atoms with E-state index >= 15 is 0 Å². The van der Waals surface area contributed by atoms with E-state index in [0.29, 0.717) is 16.4 Å². The highest BCUT2D eigenvalue weighted by molar-refractivity contribution is 6.30. The fourth-order valence-electron chi connectivity index (χ4n) is 1.67. The Morgan fingerprint density at radius 3 is 2.89 bits per heavy atom. The molecule has 0 radical (unpaired) electrons. The number of nitrogens with two attached hydrogens (primary N) is 1. The Labute approximate surface area is 116 Å². The lowest BCUT2D eigenvalue weighted by molar-refractivity contribution is -0.119.